The zero-order chi connectivity index (χ0) is 14.8. The van der Waals surface area contributed by atoms with Gasteiger partial charge in [0.2, 0.25) is 0 Å². The maximum Gasteiger partial charge on any atom is 0.144 e. The maximum absolute atomic E-state index is 11.9. The fraction of sp³-hybridized carbons (Fsp3) is 0.333. The van der Waals surface area contributed by atoms with Crippen LogP contribution in [-0.2, 0) is 18.0 Å². The average molecular weight is 289 g/mol. The van der Waals surface area contributed by atoms with Gasteiger partial charge in [0.1, 0.15) is 16.7 Å². The minimum atomic E-state index is -1.26. The summed E-state index contributed by atoms with van der Waals surface area (Å²) in [5.41, 5.74) is 2.82. The van der Waals surface area contributed by atoms with Crippen LogP contribution in [0.2, 0.25) is 0 Å². The molecule has 5 heteroatoms. The molecule has 0 spiro atoms. The monoisotopic (exact) mass is 289 g/mol. The zero-order valence-electron chi connectivity index (χ0n) is 12.2. The van der Waals surface area contributed by atoms with E-state index in [9.17, 15) is 4.21 Å². The normalized spacial score (nSPS) is 13.8. The molecule has 0 amide bonds. The maximum atomic E-state index is 11.9. The molecule has 1 aromatic carbocycles. The van der Waals surface area contributed by atoms with Gasteiger partial charge >= 0.3 is 0 Å². The lowest BCUT2D eigenvalue weighted by Gasteiger charge is -2.12. The molecule has 0 saturated carbocycles. The molecule has 1 aromatic heterocycles. The molecule has 0 fully saturated rings. The molecule has 0 aliphatic carbocycles. The lowest BCUT2D eigenvalue weighted by atomic mass is 10.1. The van der Waals surface area contributed by atoms with E-state index < -0.39 is 11.0 Å². The minimum Gasteiger partial charge on any atom is -0.267 e. The van der Waals surface area contributed by atoms with E-state index in [0.29, 0.717) is 5.69 Å². The van der Waals surface area contributed by atoms with Crippen LogP contribution in [0.1, 0.15) is 26.5 Å². The summed E-state index contributed by atoms with van der Waals surface area (Å²) in [6.45, 7) is 5.69. The van der Waals surface area contributed by atoms with Crippen molar-refractivity contribution in [3.63, 3.8) is 0 Å². The van der Waals surface area contributed by atoms with E-state index >= 15 is 0 Å². The van der Waals surface area contributed by atoms with Gasteiger partial charge in [-0.25, -0.2) is 4.21 Å². The summed E-state index contributed by atoms with van der Waals surface area (Å²) in [5.74, 6) is 0. The summed E-state index contributed by atoms with van der Waals surface area (Å²) in [6, 6.07) is 12.0. The summed E-state index contributed by atoms with van der Waals surface area (Å²) in [6.07, 6.45) is 1.58. The van der Waals surface area contributed by atoms with Crippen molar-refractivity contribution in [2.24, 2.45) is 11.4 Å². The fourth-order valence-corrected chi connectivity index (χ4v) is 2.21. The molecule has 106 valence electrons. The highest BCUT2D eigenvalue weighted by Crippen LogP contribution is 2.19. The minimum absolute atomic E-state index is 0.354. The Kier molecular flexibility index (Phi) is 4.18. The molecule has 2 aromatic rings. The SMILES string of the molecule is Cn1nc(C=NS(=O)C(C)(C)C)cc1-c1ccccc1. The van der Waals surface area contributed by atoms with Gasteiger partial charge in [-0.2, -0.15) is 9.50 Å². The number of aromatic nitrogens is 2. The van der Waals surface area contributed by atoms with Gasteiger partial charge < -0.3 is 0 Å². The third-order valence-electron chi connectivity index (χ3n) is 2.77. The van der Waals surface area contributed by atoms with Gasteiger partial charge in [-0.1, -0.05) is 30.3 Å². The number of benzene rings is 1. The van der Waals surface area contributed by atoms with Gasteiger partial charge in [-0.15, -0.1) is 0 Å². The van der Waals surface area contributed by atoms with Crippen LogP contribution in [0.25, 0.3) is 11.3 Å². The molecule has 1 unspecified atom stereocenters. The van der Waals surface area contributed by atoms with Crippen LogP contribution in [-0.4, -0.2) is 25.0 Å². The molecule has 4 nitrogen and oxygen atoms in total. The Morgan fingerprint density at radius 3 is 2.50 bits per heavy atom. The van der Waals surface area contributed by atoms with Crippen molar-refractivity contribution in [3.05, 3.63) is 42.1 Å². The lowest BCUT2D eigenvalue weighted by molar-refractivity contribution is 0.651. The van der Waals surface area contributed by atoms with Crippen molar-refractivity contribution in [2.45, 2.75) is 25.5 Å². The molecule has 0 aliphatic heterocycles. The fourth-order valence-electron chi connectivity index (χ4n) is 1.69. The third kappa shape index (κ3) is 3.42. The predicted molar refractivity (Wildman–Crippen MR) is 84.1 cm³/mol. The van der Waals surface area contributed by atoms with Crippen LogP contribution in [0.5, 0.6) is 0 Å². The highest BCUT2D eigenvalue weighted by Gasteiger charge is 2.18. The third-order valence-corrected chi connectivity index (χ3v) is 4.12. The summed E-state index contributed by atoms with van der Waals surface area (Å²) in [7, 11) is 0.630. The number of rotatable bonds is 3. The van der Waals surface area contributed by atoms with Crippen molar-refractivity contribution >= 4 is 17.2 Å². The van der Waals surface area contributed by atoms with E-state index in [1.165, 1.54) is 0 Å². The number of aryl methyl sites for hydroxylation is 1. The highest BCUT2D eigenvalue weighted by molar-refractivity contribution is 7.85. The molecule has 1 heterocycles. The van der Waals surface area contributed by atoms with E-state index in [0.717, 1.165) is 11.3 Å². The van der Waals surface area contributed by atoms with Gasteiger partial charge in [0.15, 0.2) is 0 Å². The molecule has 0 bridgehead atoms. The largest absolute Gasteiger partial charge is 0.267 e. The van der Waals surface area contributed by atoms with Gasteiger partial charge in [0, 0.05) is 7.05 Å². The van der Waals surface area contributed by atoms with Crippen molar-refractivity contribution < 1.29 is 4.21 Å². The van der Waals surface area contributed by atoms with Gasteiger partial charge in [-0.05, 0) is 32.4 Å². The summed E-state index contributed by atoms with van der Waals surface area (Å²) in [4.78, 5) is 0. The molecule has 0 N–H and O–H groups in total. The average Bonchev–Trinajstić information content (AvgIpc) is 2.77. The van der Waals surface area contributed by atoms with Crippen molar-refractivity contribution in [1.82, 2.24) is 9.78 Å². The van der Waals surface area contributed by atoms with Gasteiger partial charge in [0.05, 0.1) is 16.7 Å². The first-order chi connectivity index (χ1) is 9.38. The topological polar surface area (TPSA) is 47.2 Å². The Morgan fingerprint density at radius 2 is 1.90 bits per heavy atom. The number of hydrogen-bond donors (Lipinski definition) is 0. The Balaban J connectivity index is 2.25. The predicted octanol–water partition coefficient (Wildman–Crippen LogP) is 2.97. The molecule has 1 atom stereocenters. The molecule has 20 heavy (non-hydrogen) atoms. The smallest absolute Gasteiger partial charge is 0.144 e. The zero-order valence-corrected chi connectivity index (χ0v) is 13.0. The second-order valence-corrected chi connectivity index (χ2v) is 7.47. The molecular formula is C15H19N3OS. The molecular weight excluding hydrogens is 270 g/mol. The Bertz CT molecular complexity index is 639. The van der Waals surface area contributed by atoms with Crippen molar-refractivity contribution in [3.8, 4) is 11.3 Å². The van der Waals surface area contributed by atoms with Gasteiger partial charge in [0.25, 0.3) is 0 Å². The number of hydrogen-bond acceptors (Lipinski definition) is 2. The summed E-state index contributed by atoms with van der Waals surface area (Å²) in [5, 5.41) is 4.37. The van der Waals surface area contributed by atoms with E-state index in [1.807, 2.05) is 64.2 Å². The Labute approximate surface area is 122 Å². The van der Waals surface area contributed by atoms with Crippen LogP contribution in [0, 0.1) is 0 Å². The molecule has 0 saturated heterocycles. The van der Waals surface area contributed by atoms with E-state index in [4.69, 9.17) is 0 Å². The summed E-state index contributed by atoms with van der Waals surface area (Å²) < 4.78 is 17.4. The second-order valence-electron chi connectivity index (χ2n) is 5.54. The quantitative estimate of drug-likeness (QED) is 0.816. The van der Waals surface area contributed by atoms with Crippen LogP contribution in [0.3, 0.4) is 0 Å². The van der Waals surface area contributed by atoms with Gasteiger partial charge in [-0.3, -0.25) is 4.68 Å². The molecule has 0 radical (unpaired) electrons. The van der Waals surface area contributed by atoms with Crippen LogP contribution >= 0.6 is 0 Å². The van der Waals surface area contributed by atoms with Crippen molar-refractivity contribution in [1.29, 1.82) is 0 Å². The molecule has 0 aliphatic rings. The molecule has 2 rings (SSSR count). The second kappa shape index (κ2) is 5.71. The van der Waals surface area contributed by atoms with E-state index in [2.05, 4.69) is 9.50 Å². The first-order valence-corrected chi connectivity index (χ1v) is 7.54. The highest BCUT2D eigenvalue weighted by atomic mass is 32.2. The van der Waals surface area contributed by atoms with Crippen LogP contribution in [0.4, 0.5) is 0 Å². The Morgan fingerprint density at radius 1 is 1.25 bits per heavy atom. The summed E-state index contributed by atoms with van der Waals surface area (Å²) >= 11 is 0. The van der Waals surface area contributed by atoms with Crippen molar-refractivity contribution in [2.75, 3.05) is 0 Å². The van der Waals surface area contributed by atoms with Crippen LogP contribution < -0.4 is 0 Å². The standard InChI is InChI=1S/C15H19N3OS/c1-15(2,3)20(19)16-11-13-10-14(18(4)17-13)12-8-6-5-7-9-12/h5-11H,1-4H3. The van der Waals surface area contributed by atoms with E-state index in [1.54, 1.807) is 10.9 Å². The lowest BCUT2D eigenvalue weighted by Crippen LogP contribution is -2.19. The number of nitrogens with zero attached hydrogens (tertiary/aromatic N) is 3. The van der Waals surface area contributed by atoms with Crippen LogP contribution in [0.15, 0.2) is 40.8 Å². The first-order valence-electron chi connectivity index (χ1n) is 6.43. The first kappa shape index (κ1) is 14.7. The van der Waals surface area contributed by atoms with E-state index in [-0.39, 0.29) is 4.75 Å². The Hall–Kier alpha value is -1.75.